The highest BCUT2D eigenvalue weighted by Gasteiger charge is 2.15. The van der Waals surface area contributed by atoms with Crippen LogP contribution in [0, 0.1) is 5.82 Å². The monoisotopic (exact) mass is 282 g/mol. The quantitative estimate of drug-likeness (QED) is 0.833. The van der Waals surface area contributed by atoms with Gasteiger partial charge >= 0.3 is 0 Å². The number of benzene rings is 1. The molecule has 0 aromatic heterocycles. The molecule has 3 nitrogen and oxygen atoms in total. The van der Waals surface area contributed by atoms with Gasteiger partial charge in [-0.05, 0) is 31.5 Å². The number of rotatable bonds is 4. The minimum absolute atomic E-state index is 0.0801. The number of amides is 1. The molecule has 102 valence electrons. The van der Waals surface area contributed by atoms with Crippen LogP contribution in [0.25, 0.3) is 0 Å². The van der Waals surface area contributed by atoms with Gasteiger partial charge in [0, 0.05) is 13.1 Å². The van der Waals surface area contributed by atoms with E-state index in [2.05, 4.69) is 16.7 Å². The van der Waals surface area contributed by atoms with Gasteiger partial charge in [0.15, 0.2) is 0 Å². The van der Waals surface area contributed by atoms with E-state index in [0.717, 1.165) is 25.9 Å². The maximum atomic E-state index is 13.5. The molecule has 1 amide bonds. The number of halogens is 2. The van der Waals surface area contributed by atoms with Crippen molar-refractivity contribution in [1.82, 2.24) is 10.6 Å². The maximum Gasteiger partial charge on any atom is 0.255 e. The van der Waals surface area contributed by atoms with Gasteiger partial charge in [0.25, 0.3) is 5.91 Å². The Labute approximate surface area is 116 Å². The van der Waals surface area contributed by atoms with E-state index in [9.17, 15) is 9.18 Å². The molecule has 19 heavy (non-hydrogen) atoms. The minimum atomic E-state index is -0.592. The van der Waals surface area contributed by atoms with Crippen LogP contribution < -0.4 is 10.6 Å². The van der Waals surface area contributed by atoms with Gasteiger partial charge in [-0.15, -0.1) is 0 Å². The van der Waals surface area contributed by atoms with Crippen molar-refractivity contribution >= 4 is 17.5 Å². The zero-order valence-electron chi connectivity index (χ0n) is 10.5. The fourth-order valence-electron chi connectivity index (χ4n) is 2.04. The van der Waals surface area contributed by atoms with E-state index in [1.54, 1.807) is 0 Å². The number of hydrogen-bond acceptors (Lipinski definition) is 2. The van der Waals surface area contributed by atoms with Crippen molar-refractivity contribution in [3.63, 3.8) is 0 Å². The third kappa shape index (κ3) is 3.78. The van der Waals surface area contributed by atoms with E-state index >= 15 is 0 Å². The first kappa shape index (κ1) is 14.0. The molecule has 0 fully saturated rings. The first-order valence-electron chi connectivity index (χ1n) is 6.29. The standard InChI is InChI=1S/C14H16ClFN2O/c15-11-2-1-3-12(16)13(11)14(19)18-9-6-10-4-7-17-8-5-10/h1-4,17H,5-9H2,(H,18,19). The molecule has 1 aromatic carbocycles. The van der Waals surface area contributed by atoms with Gasteiger partial charge in [-0.1, -0.05) is 29.3 Å². The fourth-order valence-corrected chi connectivity index (χ4v) is 2.29. The Balaban J connectivity index is 1.89. The molecule has 0 spiro atoms. The lowest BCUT2D eigenvalue weighted by molar-refractivity contribution is 0.0950. The Morgan fingerprint density at radius 2 is 2.32 bits per heavy atom. The average molecular weight is 283 g/mol. The van der Waals surface area contributed by atoms with Crippen molar-refractivity contribution in [2.24, 2.45) is 0 Å². The Morgan fingerprint density at radius 1 is 1.47 bits per heavy atom. The molecule has 1 heterocycles. The topological polar surface area (TPSA) is 41.1 Å². The molecule has 0 aliphatic carbocycles. The second kappa shape index (κ2) is 6.68. The van der Waals surface area contributed by atoms with Gasteiger partial charge in [-0.3, -0.25) is 4.79 Å². The molecule has 0 saturated carbocycles. The van der Waals surface area contributed by atoms with E-state index in [-0.39, 0.29) is 10.6 Å². The van der Waals surface area contributed by atoms with Gasteiger partial charge in [0.05, 0.1) is 10.6 Å². The van der Waals surface area contributed by atoms with Crippen LogP contribution in [0.3, 0.4) is 0 Å². The van der Waals surface area contributed by atoms with E-state index < -0.39 is 11.7 Å². The summed E-state index contributed by atoms with van der Waals surface area (Å²) in [6.07, 6.45) is 3.92. The lowest BCUT2D eigenvalue weighted by Gasteiger charge is -2.14. The summed E-state index contributed by atoms with van der Waals surface area (Å²) in [5.41, 5.74) is 1.24. The largest absolute Gasteiger partial charge is 0.352 e. The van der Waals surface area contributed by atoms with Gasteiger partial charge in [-0.25, -0.2) is 4.39 Å². The number of carbonyl (C=O) groups is 1. The third-order valence-corrected chi connectivity index (χ3v) is 3.39. The van der Waals surface area contributed by atoms with Crippen LogP contribution in [-0.4, -0.2) is 25.5 Å². The lowest BCUT2D eigenvalue weighted by Crippen LogP contribution is -2.27. The fraction of sp³-hybridized carbons (Fsp3) is 0.357. The van der Waals surface area contributed by atoms with Crippen molar-refractivity contribution in [3.05, 3.63) is 46.3 Å². The van der Waals surface area contributed by atoms with E-state index in [4.69, 9.17) is 11.6 Å². The zero-order chi connectivity index (χ0) is 13.7. The van der Waals surface area contributed by atoms with Crippen LogP contribution in [-0.2, 0) is 0 Å². The summed E-state index contributed by atoms with van der Waals surface area (Å²) >= 11 is 5.83. The Bertz CT molecular complexity index is 482. The van der Waals surface area contributed by atoms with Gasteiger partial charge in [-0.2, -0.15) is 0 Å². The van der Waals surface area contributed by atoms with Crippen molar-refractivity contribution in [2.75, 3.05) is 19.6 Å². The van der Waals surface area contributed by atoms with Gasteiger partial charge in [0.2, 0.25) is 0 Å². The molecule has 1 aromatic rings. The average Bonchev–Trinajstić information content (AvgIpc) is 2.40. The number of hydrogen-bond donors (Lipinski definition) is 2. The minimum Gasteiger partial charge on any atom is -0.352 e. The predicted molar refractivity (Wildman–Crippen MR) is 73.9 cm³/mol. The summed E-state index contributed by atoms with van der Waals surface area (Å²) in [4.78, 5) is 11.9. The first-order valence-corrected chi connectivity index (χ1v) is 6.67. The van der Waals surface area contributed by atoms with Gasteiger partial charge in [0.1, 0.15) is 5.82 Å². The third-order valence-electron chi connectivity index (χ3n) is 3.08. The predicted octanol–water partition coefficient (Wildman–Crippen LogP) is 2.52. The Morgan fingerprint density at radius 3 is 3.00 bits per heavy atom. The van der Waals surface area contributed by atoms with Crippen molar-refractivity contribution in [1.29, 1.82) is 0 Å². The molecule has 1 aliphatic heterocycles. The lowest BCUT2D eigenvalue weighted by atomic mass is 10.1. The van der Waals surface area contributed by atoms with E-state index in [0.29, 0.717) is 6.54 Å². The van der Waals surface area contributed by atoms with Crippen LogP contribution in [0.2, 0.25) is 5.02 Å². The maximum absolute atomic E-state index is 13.5. The second-order valence-electron chi connectivity index (χ2n) is 4.42. The summed E-state index contributed by atoms with van der Waals surface area (Å²) in [6.45, 7) is 2.34. The summed E-state index contributed by atoms with van der Waals surface area (Å²) in [5.74, 6) is -1.05. The molecule has 0 radical (unpaired) electrons. The Hall–Kier alpha value is -1.39. The Kier molecular flexibility index (Phi) is 4.93. The van der Waals surface area contributed by atoms with Crippen LogP contribution in [0.5, 0.6) is 0 Å². The van der Waals surface area contributed by atoms with Crippen LogP contribution in [0.1, 0.15) is 23.2 Å². The molecule has 0 bridgehead atoms. The molecular formula is C14H16ClFN2O. The molecule has 5 heteroatoms. The van der Waals surface area contributed by atoms with E-state index in [1.807, 2.05) is 0 Å². The first-order chi connectivity index (χ1) is 9.18. The molecule has 0 unspecified atom stereocenters. The highest BCUT2D eigenvalue weighted by molar-refractivity contribution is 6.33. The molecule has 0 atom stereocenters. The normalized spacial score (nSPS) is 14.9. The summed E-state index contributed by atoms with van der Waals surface area (Å²) in [6, 6.07) is 4.22. The highest BCUT2D eigenvalue weighted by atomic mass is 35.5. The zero-order valence-corrected chi connectivity index (χ0v) is 11.3. The summed E-state index contributed by atoms with van der Waals surface area (Å²) < 4.78 is 13.5. The molecule has 2 N–H and O–H groups in total. The van der Waals surface area contributed by atoms with Crippen molar-refractivity contribution in [2.45, 2.75) is 12.8 Å². The smallest absolute Gasteiger partial charge is 0.255 e. The highest BCUT2D eigenvalue weighted by Crippen LogP contribution is 2.18. The van der Waals surface area contributed by atoms with Crippen molar-refractivity contribution in [3.8, 4) is 0 Å². The van der Waals surface area contributed by atoms with Gasteiger partial charge < -0.3 is 10.6 Å². The van der Waals surface area contributed by atoms with Crippen LogP contribution in [0.15, 0.2) is 29.8 Å². The molecule has 0 saturated heterocycles. The van der Waals surface area contributed by atoms with Crippen LogP contribution >= 0.6 is 11.6 Å². The second-order valence-corrected chi connectivity index (χ2v) is 4.83. The molecule has 2 rings (SSSR count). The number of nitrogens with one attached hydrogen (secondary N) is 2. The molecule has 1 aliphatic rings. The SMILES string of the molecule is O=C(NCCC1=CCNCC1)c1c(F)cccc1Cl. The van der Waals surface area contributed by atoms with E-state index in [1.165, 1.54) is 23.8 Å². The summed E-state index contributed by atoms with van der Waals surface area (Å²) in [5, 5.41) is 6.06. The molecular weight excluding hydrogens is 267 g/mol. The van der Waals surface area contributed by atoms with Crippen molar-refractivity contribution < 1.29 is 9.18 Å². The van der Waals surface area contributed by atoms with Crippen LogP contribution in [0.4, 0.5) is 4.39 Å². The number of carbonyl (C=O) groups excluding carboxylic acids is 1. The summed E-state index contributed by atoms with van der Waals surface area (Å²) in [7, 11) is 0.